The van der Waals surface area contributed by atoms with Crippen LogP contribution in [0.5, 0.6) is 0 Å². The summed E-state index contributed by atoms with van der Waals surface area (Å²) in [6.07, 6.45) is 0.848. The second kappa shape index (κ2) is 5.52. The molecule has 0 aliphatic carbocycles. The number of nitrogens with zero attached hydrogens (tertiary/aromatic N) is 1. The van der Waals surface area contributed by atoms with E-state index in [1.54, 1.807) is 13.0 Å². The molecule has 1 fully saturated rings. The Kier molecular flexibility index (Phi) is 4.13. The van der Waals surface area contributed by atoms with E-state index >= 15 is 0 Å². The van der Waals surface area contributed by atoms with Crippen LogP contribution in [-0.4, -0.2) is 35.0 Å². The maximum atomic E-state index is 13.8. The van der Waals surface area contributed by atoms with Gasteiger partial charge in [0.25, 0.3) is 5.91 Å². The Morgan fingerprint density at radius 1 is 1.50 bits per heavy atom. The lowest BCUT2D eigenvalue weighted by Crippen LogP contribution is -2.36. The Labute approximate surface area is 124 Å². The number of carbonyl (C=O) groups excluding carboxylic acids is 1. The number of likely N-dealkylation sites (tertiary alicyclic amines) is 1. The largest absolute Gasteiger partial charge is 0.481 e. The average molecular weight is 344 g/mol. The van der Waals surface area contributed by atoms with Crippen LogP contribution in [0.4, 0.5) is 4.39 Å². The fourth-order valence-corrected chi connectivity index (χ4v) is 3.03. The van der Waals surface area contributed by atoms with Crippen LogP contribution in [0, 0.1) is 11.2 Å². The third kappa shape index (κ3) is 2.44. The van der Waals surface area contributed by atoms with Gasteiger partial charge in [-0.3, -0.25) is 9.59 Å². The first-order valence-electron chi connectivity index (χ1n) is 6.38. The molecular weight excluding hydrogens is 329 g/mol. The van der Waals surface area contributed by atoms with Crippen LogP contribution in [0.25, 0.3) is 0 Å². The second-order valence-corrected chi connectivity index (χ2v) is 5.87. The van der Waals surface area contributed by atoms with E-state index in [-0.39, 0.29) is 12.1 Å². The molecule has 0 saturated carbocycles. The van der Waals surface area contributed by atoms with Crippen LogP contribution in [0.2, 0.25) is 0 Å². The number of carboxylic acids is 1. The quantitative estimate of drug-likeness (QED) is 0.917. The molecule has 1 aliphatic rings. The van der Waals surface area contributed by atoms with Crippen molar-refractivity contribution in [3.05, 3.63) is 34.1 Å². The fraction of sp³-hybridized carbons (Fsp3) is 0.429. The Bertz CT molecular complexity index is 543. The first-order chi connectivity index (χ1) is 9.41. The minimum atomic E-state index is -0.909. The summed E-state index contributed by atoms with van der Waals surface area (Å²) >= 11 is 3.17. The van der Waals surface area contributed by atoms with E-state index in [0.29, 0.717) is 23.9 Å². The maximum absolute atomic E-state index is 13.8. The van der Waals surface area contributed by atoms with Gasteiger partial charge >= 0.3 is 5.97 Å². The van der Waals surface area contributed by atoms with Crippen molar-refractivity contribution in [3.8, 4) is 0 Å². The van der Waals surface area contributed by atoms with Crippen molar-refractivity contribution < 1.29 is 19.1 Å². The van der Waals surface area contributed by atoms with E-state index in [9.17, 15) is 19.1 Å². The number of aliphatic carboxylic acids is 1. The highest BCUT2D eigenvalue weighted by atomic mass is 79.9. The molecule has 20 heavy (non-hydrogen) atoms. The van der Waals surface area contributed by atoms with Crippen molar-refractivity contribution in [3.63, 3.8) is 0 Å². The first kappa shape index (κ1) is 15.0. The zero-order valence-corrected chi connectivity index (χ0v) is 12.6. The van der Waals surface area contributed by atoms with Crippen molar-refractivity contribution in [1.82, 2.24) is 4.90 Å². The third-order valence-corrected chi connectivity index (χ3v) is 4.61. The summed E-state index contributed by atoms with van der Waals surface area (Å²) < 4.78 is 14.2. The van der Waals surface area contributed by atoms with Crippen LogP contribution < -0.4 is 0 Å². The molecule has 0 radical (unpaired) electrons. The van der Waals surface area contributed by atoms with Gasteiger partial charge in [-0.25, -0.2) is 4.39 Å². The number of carbonyl (C=O) groups is 2. The van der Waals surface area contributed by atoms with Gasteiger partial charge in [0.2, 0.25) is 0 Å². The van der Waals surface area contributed by atoms with Gasteiger partial charge in [-0.15, -0.1) is 0 Å². The first-order valence-corrected chi connectivity index (χ1v) is 7.17. The van der Waals surface area contributed by atoms with Gasteiger partial charge in [0.1, 0.15) is 5.82 Å². The van der Waals surface area contributed by atoms with E-state index in [4.69, 9.17) is 0 Å². The normalized spacial score (nSPS) is 22.1. The van der Waals surface area contributed by atoms with Crippen LogP contribution in [0.15, 0.2) is 22.7 Å². The highest BCUT2D eigenvalue weighted by Crippen LogP contribution is 2.35. The van der Waals surface area contributed by atoms with Gasteiger partial charge < -0.3 is 10.0 Å². The lowest BCUT2D eigenvalue weighted by molar-refractivity contribution is -0.148. The number of rotatable bonds is 3. The number of benzene rings is 1. The molecule has 0 bridgehead atoms. The topological polar surface area (TPSA) is 57.6 Å². The van der Waals surface area contributed by atoms with Crippen molar-refractivity contribution in [2.45, 2.75) is 19.8 Å². The van der Waals surface area contributed by atoms with Crippen LogP contribution in [0.3, 0.4) is 0 Å². The molecule has 1 unspecified atom stereocenters. The molecule has 108 valence electrons. The molecule has 0 aromatic heterocycles. The Balaban J connectivity index is 2.27. The molecule has 0 spiro atoms. The molecule has 1 amide bonds. The summed E-state index contributed by atoms with van der Waals surface area (Å²) in [5, 5.41) is 9.32. The number of hydrogen-bond acceptors (Lipinski definition) is 2. The molecule has 1 aromatic rings. The average Bonchev–Trinajstić information content (AvgIpc) is 2.84. The van der Waals surface area contributed by atoms with E-state index in [0.717, 1.165) is 0 Å². The molecule has 1 heterocycles. The predicted molar refractivity (Wildman–Crippen MR) is 75.0 cm³/mol. The maximum Gasteiger partial charge on any atom is 0.311 e. The van der Waals surface area contributed by atoms with Crippen LogP contribution >= 0.6 is 15.9 Å². The van der Waals surface area contributed by atoms with Gasteiger partial charge in [0.15, 0.2) is 0 Å². The van der Waals surface area contributed by atoms with Gasteiger partial charge in [0, 0.05) is 17.6 Å². The molecule has 1 aliphatic heterocycles. The monoisotopic (exact) mass is 343 g/mol. The summed E-state index contributed by atoms with van der Waals surface area (Å²) in [5.74, 6) is -1.97. The third-order valence-electron chi connectivity index (χ3n) is 3.95. The summed E-state index contributed by atoms with van der Waals surface area (Å²) in [7, 11) is 0. The van der Waals surface area contributed by atoms with Crippen LogP contribution in [-0.2, 0) is 4.79 Å². The van der Waals surface area contributed by atoms with E-state index in [1.165, 1.54) is 17.0 Å². The minimum Gasteiger partial charge on any atom is -0.481 e. The number of carboxylic acid groups (broad SMARTS) is 1. The highest BCUT2D eigenvalue weighted by molar-refractivity contribution is 9.10. The number of halogens is 2. The fourth-order valence-electron chi connectivity index (χ4n) is 2.52. The van der Waals surface area contributed by atoms with Crippen molar-refractivity contribution >= 4 is 27.8 Å². The van der Waals surface area contributed by atoms with E-state index < -0.39 is 23.1 Å². The zero-order chi connectivity index (χ0) is 14.9. The SMILES string of the molecule is CCC1(C(=O)O)CCN(C(=O)c2c(F)cccc2Br)C1. The second-order valence-electron chi connectivity index (χ2n) is 5.01. The Morgan fingerprint density at radius 2 is 2.20 bits per heavy atom. The van der Waals surface area contributed by atoms with Gasteiger partial charge in [0.05, 0.1) is 11.0 Å². The highest BCUT2D eigenvalue weighted by Gasteiger charge is 2.45. The Hall–Kier alpha value is -1.43. The van der Waals surface area contributed by atoms with Gasteiger partial charge in [-0.2, -0.15) is 0 Å². The molecule has 1 N–H and O–H groups in total. The lowest BCUT2D eigenvalue weighted by Gasteiger charge is -2.23. The van der Waals surface area contributed by atoms with E-state index in [1.807, 2.05) is 0 Å². The van der Waals surface area contributed by atoms with Crippen molar-refractivity contribution in [1.29, 1.82) is 0 Å². The summed E-state index contributed by atoms with van der Waals surface area (Å²) in [4.78, 5) is 25.2. The molecule has 2 rings (SSSR count). The number of amides is 1. The van der Waals surface area contributed by atoms with Gasteiger partial charge in [-0.05, 0) is 40.9 Å². The Morgan fingerprint density at radius 3 is 2.70 bits per heavy atom. The molecular formula is C14H15BrFNO3. The van der Waals surface area contributed by atoms with Gasteiger partial charge in [-0.1, -0.05) is 13.0 Å². The molecule has 6 heteroatoms. The van der Waals surface area contributed by atoms with Crippen LogP contribution in [0.1, 0.15) is 30.1 Å². The standard InChI is InChI=1S/C14H15BrFNO3/c1-2-14(13(19)20)6-7-17(8-14)12(18)11-9(15)4-3-5-10(11)16/h3-5H,2,6-8H2,1H3,(H,19,20). The molecule has 1 aromatic carbocycles. The lowest BCUT2D eigenvalue weighted by atomic mass is 9.84. The smallest absolute Gasteiger partial charge is 0.311 e. The summed E-state index contributed by atoms with van der Waals surface area (Å²) in [6, 6.07) is 4.32. The van der Waals surface area contributed by atoms with E-state index in [2.05, 4.69) is 15.9 Å². The van der Waals surface area contributed by atoms with Crippen molar-refractivity contribution in [2.75, 3.05) is 13.1 Å². The zero-order valence-electron chi connectivity index (χ0n) is 11.0. The molecule has 1 saturated heterocycles. The summed E-state index contributed by atoms with van der Waals surface area (Å²) in [5.41, 5.74) is -0.947. The summed E-state index contributed by atoms with van der Waals surface area (Å²) in [6.45, 7) is 2.25. The molecule has 4 nitrogen and oxygen atoms in total. The number of hydrogen-bond donors (Lipinski definition) is 1. The van der Waals surface area contributed by atoms with Crippen molar-refractivity contribution in [2.24, 2.45) is 5.41 Å². The predicted octanol–water partition coefficient (Wildman–Crippen LogP) is 2.92. The minimum absolute atomic E-state index is 0.0372. The molecule has 1 atom stereocenters.